The summed E-state index contributed by atoms with van der Waals surface area (Å²) in [6.45, 7) is 8.89. The van der Waals surface area contributed by atoms with Gasteiger partial charge in [-0.05, 0) is 24.6 Å². The Labute approximate surface area is 120 Å². The van der Waals surface area contributed by atoms with Crippen LogP contribution in [0.25, 0.3) is 11.3 Å². The van der Waals surface area contributed by atoms with Crippen molar-refractivity contribution in [2.45, 2.75) is 33.6 Å². The first-order valence-corrected chi connectivity index (χ1v) is 7.19. The first kappa shape index (κ1) is 12.9. The molecule has 2 heteroatoms. The molecule has 102 valence electrons. The zero-order valence-electron chi connectivity index (χ0n) is 12.6. The van der Waals surface area contributed by atoms with Crippen molar-refractivity contribution in [1.29, 1.82) is 0 Å². The molecule has 20 heavy (non-hydrogen) atoms. The minimum atomic E-state index is 0.496. The van der Waals surface area contributed by atoms with E-state index in [4.69, 9.17) is 0 Å². The summed E-state index contributed by atoms with van der Waals surface area (Å²) in [5.74, 6) is 0.496. The molecule has 0 radical (unpaired) electrons. The molecular weight excluding hydrogens is 244 g/mol. The number of fused-ring (bicyclic) bond motifs is 1. The number of nitrogens with zero attached hydrogens (tertiary/aromatic N) is 2. The maximum Gasteiger partial charge on any atom is 0.291 e. The lowest BCUT2D eigenvalue weighted by Gasteiger charge is -2.04. The van der Waals surface area contributed by atoms with Gasteiger partial charge in [-0.2, -0.15) is 8.97 Å². The number of imidazole rings is 1. The molecular formula is C18H21N2+. The maximum absolute atomic E-state index is 2.37. The largest absolute Gasteiger partial charge is 0.291 e. The van der Waals surface area contributed by atoms with Crippen molar-refractivity contribution in [2.75, 3.05) is 0 Å². The lowest BCUT2D eigenvalue weighted by atomic mass is 10.1. The minimum Gasteiger partial charge on any atom is -0.199 e. The summed E-state index contributed by atoms with van der Waals surface area (Å²) >= 11 is 0. The minimum absolute atomic E-state index is 0.496. The zero-order chi connectivity index (χ0) is 14.3. The monoisotopic (exact) mass is 265 g/mol. The Hall–Kier alpha value is -2.09. The second-order valence-electron chi connectivity index (χ2n) is 5.68. The van der Waals surface area contributed by atoms with E-state index in [2.05, 4.69) is 85.3 Å². The van der Waals surface area contributed by atoms with Crippen molar-refractivity contribution in [2.24, 2.45) is 0 Å². The van der Waals surface area contributed by atoms with Crippen LogP contribution in [0.3, 0.4) is 0 Å². The Morgan fingerprint density at radius 1 is 0.950 bits per heavy atom. The van der Waals surface area contributed by atoms with E-state index < -0.39 is 0 Å². The second kappa shape index (κ2) is 4.78. The number of para-hydroxylation sites is 1. The number of aryl methyl sites for hydroxylation is 1. The number of pyridine rings is 1. The fourth-order valence-corrected chi connectivity index (χ4v) is 3.10. The molecule has 2 heterocycles. The Bertz CT molecular complexity index is 766. The van der Waals surface area contributed by atoms with E-state index in [0.717, 1.165) is 0 Å². The van der Waals surface area contributed by atoms with Crippen molar-refractivity contribution in [3.8, 4) is 5.69 Å². The molecule has 2 aromatic heterocycles. The van der Waals surface area contributed by atoms with Crippen LogP contribution in [0.1, 0.15) is 36.7 Å². The van der Waals surface area contributed by atoms with Gasteiger partial charge in [0.05, 0.1) is 6.20 Å². The normalized spacial score (nSPS) is 11.4. The molecule has 0 spiro atoms. The maximum atomic E-state index is 2.37. The smallest absolute Gasteiger partial charge is 0.199 e. The highest BCUT2D eigenvalue weighted by Gasteiger charge is 2.25. The lowest BCUT2D eigenvalue weighted by Crippen LogP contribution is -2.25. The third kappa shape index (κ3) is 1.83. The predicted octanol–water partition coefficient (Wildman–Crippen LogP) is 3.96. The molecule has 0 bridgehead atoms. The predicted molar refractivity (Wildman–Crippen MR) is 82.5 cm³/mol. The Kier molecular flexibility index (Phi) is 3.09. The first-order valence-electron chi connectivity index (χ1n) is 7.19. The Balaban J connectivity index is 2.43. The van der Waals surface area contributed by atoms with Gasteiger partial charge in [-0.3, -0.25) is 0 Å². The molecule has 3 rings (SSSR count). The highest BCUT2D eigenvalue weighted by molar-refractivity contribution is 5.51. The molecule has 0 saturated heterocycles. The van der Waals surface area contributed by atoms with E-state index >= 15 is 0 Å². The van der Waals surface area contributed by atoms with E-state index in [0.29, 0.717) is 5.92 Å². The van der Waals surface area contributed by atoms with Gasteiger partial charge in [-0.1, -0.05) is 38.1 Å². The molecule has 0 amide bonds. The average molecular weight is 265 g/mol. The lowest BCUT2D eigenvalue weighted by molar-refractivity contribution is -0.521. The molecule has 0 atom stereocenters. The quantitative estimate of drug-likeness (QED) is 0.620. The average Bonchev–Trinajstić information content (AvgIpc) is 2.71. The van der Waals surface area contributed by atoms with Gasteiger partial charge in [0.2, 0.25) is 0 Å². The summed E-state index contributed by atoms with van der Waals surface area (Å²) in [7, 11) is 0. The van der Waals surface area contributed by atoms with Crippen LogP contribution < -0.4 is 4.40 Å². The number of aromatic nitrogens is 2. The van der Waals surface area contributed by atoms with E-state index in [9.17, 15) is 0 Å². The molecule has 0 fully saturated rings. The van der Waals surface area contributed by atoms with E-state index in [1.165, 1.54) is 28.3 Å². The van der Waals surface area contributed by atoms with Crippen LogP contribution >= 0.6 is 0 Å². The van der Waals surface area contributed by atoms with Crippen molar-refractivity contribution in [3.63, 3.8) is 0 Å². The summed E-state index contributed by atoms with van der Waals surface area (Å²) in [4.78, 5) is 0. The van der Waals surface area contributed by atoms with Crippen LogP contribution in [-0.4, -0.2) is 4.57 Å². The summed E-state index contributed by atoms with van der Waals surface area (Å²) < 4.78 is 4.68. The van der Waals surface area contributed by atoms with Gasteiger partial charge in [0.1, 0.15) is 11.4 Å². The molecule has 0 unspecified atom stereocenters. The number of benzene rings is 1. The third-order valence-electron chi connectivity index (χ3n) is 3.94. The summed E-state index contributed by atoms with van der Waals surface area (Å²) in [5.41, 5.74) is 6.49. The van der Waals surface area contributed by atoms with E-state index in [-0.39, 0.29) is 0 Å². The summed E-state index contributed by atoms with van der Waals surface area (Å²) in [5, 5.41) is 0. The third-order valence-corrected chi connectivity index (χ3v) is 3.94. The molecule has 0 aliphatic rings. The van der Waals surface area contributed by atoms with Gasteiger partial charge in [-0.25, -0.2) is 0 Å². The van der Waals surface area contributed by atoms with Crippen LogP contribution in [0.4, 0.5) is 0 Å². The van der Waals surface area contributed by atoms with Gasteiger partial charge in [0.15, 0.2) is 5.69 Å². The highest BCUT2D eigenvalue weighted by atomic mass is 15.1. The molecule has 1 aromatic carbocycles. The Morgan fingerprint density at radius 3 is 2.35 bits per heavy atom. The van der Waals surface area contributed by atoms with Crippen LogP contribution in [0.5, 0.6) is 0 Å². The topological polar surface area (TPSA) is 9.03 Å². The SMILES string of the molecule is Cc1ccccc1-n1c(C)c(C(C)C)[n+]2ccccc12. The second-order valence-corrected chi connectivity index (χ2v) is 5.68. The molecule has 0 N–H and O–H groups in total. The molecule has 0 aliphatic carbocycles. The molecule has 0 aliphatic heterocycles. The fraction of sp³-hybridized carbons (Fsp3) is 0.278. The molecule has 2 nitrogen and oxygen atoms in total. The highest BCUT2D eigenvalue weighted by Crippen LogP contribution is 2.24. The van der Waals surface area contributed by atoms with Crippen molar-refractivity contribution in [3.05, 3.63) is 65.6 Å². The number of hydrogen-bond donors (Lipinski definition) is 0. The first-order chi connectivity index (χ1) is 9.61. The van der Waals surface area contributed by atoms with Gasteiger partial charge in [-0.15, -0.1) is 0 Å². The van der Waals surface area contributed by atoms with Crippen molar-refractivity contribution < 1.29 is 4.40 Å². The van der Waals surface area contributed by atoms with Crippen LogP contribution in [0.2, 0.25) is 0 Å². The van der Waals surface area contributed by atoms with E-state index in [1.807, 2.05) is 0 Å². The number of hydrogen-bond acceptors (Lipinski definition) is 0. The van der Waals surface area contributed by atoms with Gasteiger partial charge >= 0.3 is 0 Å². The van der Waals surface area contributed by atoms with Gasteiger partial charge in [0.25, 0.3) is 5.65 Å². The van der Waals surface area contributed by atoms with Crippen molar-refractivity contribution >= 4 is 5.65 Å². The Morgan fingerprint density at radius 2 is 1.65 bits per heavy atom. The molecule has 3 aromatic rings. The van der Waals surface area contributed by atoms with Crippen molar-refractivity contribution in [1.82, 2.24) is 4.57 Å². The summed E-state index contributed by atoms with van der Waals surface area (Å²) in [6, 6.07) is 15.0. The van der Waals surface area contributed by atoms with Crippen LogP contribution in [-0.2, 0) is 0 Å². The number of rotatable bonds is 2. The van der Waals surface area contributed by atoms with Gasteiger partial charge in [0, 0.05) is 18.9 Å². The van der Waals surface area contributed by atoms with Crippen LogP contribution in [0, 0.1) is 13.8 Å². The van der Waals surface area contributed by atoms with Crippen LogP contribution in [0.15, 0.2) is 48.7 Å². The fourth-order valence-electron chi connectivity index (χ4n) is 3.10. The van der Waals surface area contributed by atoms with Gasteiger partial charge < -0.3 is 0 Å². The standard InChI is InChI=1S/C18H21N2/c1-13(2)18-15(4)20(16-10-6-5-9-14(16)3)17-11-7-8-12-19(17)18/h5-13H,1-4H3/q+1. The molecule has 0 saturated carbocycles. The summed E-state index contributed by atoms with van der Waals surface area (Å²) in [6.07, 6.45) is 2.16. The van der Waals surface area contributed by atoms with E-state index in [1.54, 1.807) is 0 Å². The zero-order valence-corrected chi connectivity index (χ0v) is 12.6.